The maximum Gasteiger partial charge on any atom is 0.236 e. The van der Waals surface area contributed by atoms with E-state index >= 15 is 0 Å². The van der Waals surface area contributed by atoms with Crippen LogP contribution in [0, 0.1) is 0 Å². The van der Waals surface area contributed by atoms with Crippen molar-refractivity contribution in [3.8, 4) is 0 Å². The summed E-state index contributed by atoms with van der Waals surface area (Å²) in [6.07, 6.45) is 45.5. The van der Waals surface area contributed by atoms with Crippen LogP contribution < -0.4 is 5.73 Å². The summed E-state index contributed by atoms with van der Waals surface area (Å²) in [7, 11) is 0. The minimum Gasteiger partial charge on any atom is -0.342 e. The Balaban J connectivity index is 3.53. The minimum absolute atomic E-state index is 0.138. The largest absolute Gasteiger partial charge is 0.342 e. The van der Waals surface area contributed by atoms with Crippen LogP contribution in [0.1, 0.15) is 206 Å². The van der Waals surface area contributed by atoms with Gasteiger partial charge in [0.2, 0.25) is 5.91 Å². The Morgan fingerprint density at radius 1 is 0.439 bits per heavy atom. The van der Waals surface area contributed by atoms with Crippen molar-refractivity contribution in [3.05, 3.63) is 12.2 Å². The number of amides is 1. The summed E-state index contributed by atoms with van der Waals surface area (Å²) in [6, 6.07) is 0. The van der Waals surface area contributed by atoms with Crippen LogP contribution in [-0.4, -0.2) is 30.4 Å². The van der Waals surface area contributed by atoms with Crippen molar-refractivity contribution >= 4 is 5.91 Å². The molecule has 0 aliphatic carbocycles. The van der Waals surface area contributed by atoms with E-state index in [1.54, 1.807) is 0 Å². The van der Waals surface area contributed by atoms with Gasteiger partial charge in [0.25, 0.3) is 0 Å². The molecule has 0 aliphatic heterocycles. The smallest absolute Gasteiger partial charge is 0.236 e. The molecule has 1 amide bonds. The van der Waals surface area contributed by atoms with Crippen molar-refractivity contribution in [3.63, 3.8) is 0 Å². The maximum atomic E-state index is 12.3. The van der Waals surface area contributed by atoms with Gasteiger partial charge in [-0.15, -0.1) is 0 Å². The molecule has 244 valence electrons. The van der Waals surface area contributed by atoms with E-state index in [-0.39, 0.29) is 12.5 Å². The summed E-state index contributed by atoms with van der Waals surface area (Å²) < 4.78 is 0. The predicted octanol–water partition coefficient (Wildman–Crippen LogP) is 12.1. The van der Waals surface area contributed by atoms with Crippen molar-refractivity contribution in [2.45, 2.75) is 206 Å². The Morgan fingerprint density at radius 2 is 0.707 bits per heavy atom. The molecule has 0 saturated heterocycles. The van der Waals surface area contributed by atoms with Crippen LogP contribution >= 0.6 is 0 Å². The number of unbranched alkanes of at least 4 members (excludes halogenated alkanes) is 27. The fourth-order valence-corrected chi connectivity index (χ4v) is 5.89. The summed E-state index contributed by atoms with van der Waals surface area (Å²) in [5.74, 6) is 0.138. The molecule has 0 rings (SSSR count). The first-order chi connectivity index (χ1) is 20.3. The summed E-state index contributed by atoms with van der Waals surface area (Å²) in [5, 5.41) is 0. The molecular formula is C38H76N2O. The SMILES string of the molecule is CCCCCCCC/C=C\CCCCCCCCN(CCCCCCCCCCCCCCCCCC)C(=O)CN. The number of nitrogens with zero attached hydrogens (tertiary/aromatic N) is 1. The van der Waals surface area contributed by atoms with E-state index in [2.05, 4.69) is 26.0 Å². The molecule has 2 N–H and O–H groups in total. The van der Waals surface area contributed by atoms with Gasteiger partial charge in [-0.1, -0.05) is 180 Å². The van der Waals surface area contributed by atoms with E-state index in [1.807, 2.05) is 4.90 Å². The number of carbonyl (C=O) groups excluding carboxylic acids is 1. The Labute approximate surface area is 259 Å². The van der Waals surface area contributed by atoms with Gasteiger partial charge in [0.1, 0.15) is 0 Å². The molecule has 0 atom stereocenters. The first kappa shape index (κ1) is 40.2. The lowest BCUT2D eigenvalue weighted by Crippen LogP contribution is -2.37. The highest BCUT2D eigenvalue weighted by Crippen LogP contribution is 2.15. The molecule has 0 saturated carbocycles. The maximum absolute atomic E-state index is 12.3. The van der Waals surface area contributed by atoms with Gasteiger partial charge in [-0.25, -0.2) is 0 Å². The second kappa shape index (κ2) is 35.4. The van der Waals surface area contributed by atoms with E-state index in [9.17, 15) is 4.79 Å². The summed E-state index contributed by atoms with van der Waals surface area (Å²) in [6.45, 7) is 6.53. The van der Waals surface area contributed by atoms with Gasteiger partial charge in [0.15, 0.2) is 0 Å². The highest BCUT2D eigenvalue weighted by Gasteiger charge is 2.10. The lowest BCUT2D eigenvalue weighted by atomic mass is 10.0. The van der Waals surface area contributed by atoms with Crippen LogP contribution in [0.3, 0.4) is 0 Å². The zero-order chi connectivity index (χ0) is 29.9. The predicted molar refractivity (Wildman–Crippen MR) is 185 cm³/mol. The average molecular weight is 577 g/mol. The lowest BCUT2D eigenvalue weighted by Gasteiger charge is -2.22. The quantitative estimate of drug-likeness (QED) is 0.0611. The van der Waals surface area contributed by atoms with E-state index in [0.717, 1.165) is 25.9 Å². The monoisotopic (exact) mass is 577 g/mol. The van der Waals surface area contributed by atoms with Gasteiger partial charge >= 0.3 is 0 Å². The number of carbonyl (C=O) groups is 1. The molecule has 3 heteroatoms. The Bertz CT molecular complexity index is 532. The topological polar surface area (TPSA) is 46.3 Å². The normalized spacial score (nSPS) is 11.6. The van der Waals surface area contributed by atoms with E-state index in [4.69, 9.17) is 5.73 Å². The van der Waals surface area contributed by atoms with E-state index in [1.165, 1.54) is 180 Å². The molecule has 0 heterocycles. The second-order valence-corrected chi connectivity index (χ2v) is 12.8. The van der Waals surface area contributed by atoms with Crippen molar-refractivity contribution < 1.29 is 4.79 Å². The van der Waals surface area contributed by atoms with E-state index < -0.39 is 0 Å². The summed E-state index contributed by atoms with van der Waals surface area (Å²) in [5.41, 5.74) is 5.70. The van der Waals surface area contributed by atoms with Crippen molar-refractivity contribution in [1.82, 2.24) is 4.90 Å². The molecule has 0 spiro atoms. The Hall–Kier alpha value is -0.830. The van der Waals surface area contributed by atoms with Crippen LogP contribution in [0.2, 0.25) is 0 Å². The summed E-state index contributed by atoms with van der Waals surface area (Å²) in [4.78, 5) is 14.3. The molecule has 41 heavy (non-hydrogen) atoms. The fourth-order valence-electron chi connectivity index (χ4n) is 5.89. The molecule has 0 bridgehead atoms. The van der Waals surface area contributed by atoms with Gasteiger partial charge in [-0.05, 0) is 38.5 Å². The molecule has 0 unspecified atom stereocenters. The highest BCUT2D eigenvalue weighted by atomic mass is 16.2. The van der Waals surface area contributed by atoms with Gasteiger partial charge in [0, 0.05) is 13.1 Å². The third-order valence-electron chi connectivity index (χ3n) is 8.75. The van der Waals surface area contributed by atoms with Crippen molar-refractivity contribution in [2.24, 2.45) is 5.73 Å². The molecule has 0 aromatic rings. The molecule has 0 aromatic heterocycles. The van der Waals surface area contributed by atoms with Crippen molar-refractivity contribution in [2.75, 3.05) is 19.6 Å². The van der Waals surface area contributed by atoms with Gasteiger partial charge in [0.05, 0.1) is 6.54 Å². The zero-order valence-electron chi connectivity index (χ0n) is 28.4. The minimum atomic E-state index is 0.138. The molecular weight excluding hydrogens is 500 g/mol. The highest BCUT2D eigenvalue weighted by molar-refractivity contribution is 5.77. The second-order valence-electron chi connectivity index (χ2n) is 12.8. The van der Waals surface area contributed by atoms with Crippen molar-refractivity contribution in [1.29, 1.82) is 0 Å². The van der Waals surface area contributed by atoms with Crippen LogP contribution in [0.25, 0.3) is 0 Å². The third kappa shape index (κ3) is 31.9. The fraction of sp³-hybridized carbons (Fsp3) is 0.921. The number of rotatable bonds is 34. The Kier molecular flexibility index (Phi) is 34.7. The number of allylic oxidation sites excluding steroid dienone is 2. The molecule has 0 radical (unpaired) electrons. The molecule has 0 aliphatic rings. The average Bonchev–Trinajstić information content (AvgIpc) is 2.99. The number of hydrogen-bond donors (Lipinski definition) is 1. The van der Waals surface area contributed by atoms with Crippen LogP contribution in [-0.2, 0) is 4.79 Å². The van der Waals surface area contributed by atoms with Crippen LogP contribution in [0.15, 0.2) is 12.2 Å². The van der Waals surface area contributed by atoms with Gasteiger partial charge < -0.3 is 10.6 Å². The molecule has 3 nitrogen and oxygen atoms in total. The zero-order valence-corrected chi connectivity index (χ0v) is 28.4. The first-order valence-corrected chi connectivity index (χ1v) is 18.9. The molecule has 0 aromatic carbocycles. The third-order valence-corrected chi connectivity index (χ3v) is 8.75. The van der Waals surface area contributed by atoms with Crippen LogP contribution in [0.4, 0.5) is 0 Å². The van der Waals surface area contributed by atoms with Crippen LogP contribution in [0.5, 0.6) is 0 Å². The lowest BCUT2D eigenvalue weighted by molar-refractivity contribution is -0.129. The van der Waals surface area contributed by atoms with Gasteiger partial charge in [-0.2, -0.15) is 0 Å². The number of nitrogens with two attached hydrogens (primary N) is 1. The first-order valence-electron chi connectivity index (χ1n) is 18.9. The Morgan fingerprint density at radius 3 is 1.00 bits per heavy atom. The standard InChI is InChI=1S/C38H76N2O/c1-3-5-7-9-11-13-15-17-19-21-23-25-27-29-31-33-35-40(38(41)37-39)36-34-32-30-28-26-24-22-20-18-16-14-12-10-8-6-4-2/h17,19H,3-16,18,20-37,39H2,1-2H3/b19-17-. The van der Waals surface area contributed by atoms with Gasteiger partial charge in [-0.3, -0.25) is 4.79 Å². The molecule has 0 fully saturated rings. The van der Waals surface area contributed by atoms with E-state index in [0.29, 0.717) is 0 Å². The summed E-state index contributed by atoms with van der Waals surface area (Å²) >= 11 is 0. The number of hydrogen-bond acceptors (Lipinski definition) is 2.